The smallest absolute Gasteiger partial charge is 0.309 e. The Morgan fingerprint density at radius 2 is 0.698 bits per heavy atom. The van der Waals surface area contributed by atoms with Gasteiger partial charge in [0.1, 0.15) is 33.9 Å². The van der Waals surface area contributed by atoms with Crippen LogP contribution in [0, 0.1) is 53.9 Å². The molecule has 5 atom stereocenters. The first-order valence-corrected chi connectivity index (χ1v) is 46.8. The molecule has 5 rings (SSSR count). The van der Waals surface area contributed by atoms with Crippen molar-refractivity contribution in [3.8, 4) is 11.5 Å². The Balaban J connectivity index is 0.000000601. The molecular weight excluding hydrogens is 1630 g/mol. The molecule has 0 bridgehead atoms. The maximum atomic E-state index is 12.2. The number of hydrogen-bond acceptors (Lipinski definition) is 12. The predicted molar refractivity (Wildman–Crippen MR) is 416 cm³/mol. The van der Waals surface area contributed by atoms with E-state index in [0.29, 0.717) is 25.9 Å². The summed E-state index contributed by atoms with van der Waals surface area (Å²) in [5.74, 6) is -0.512. The molecule has 5 unspecified atom stereocenters. The van der Waals surface area contributed by atoms with E-state index in [1.807, 2.05) is 176 Å². The van der Waals surface area contributed by atoms with E-state index in [1.54, 1.807) is 18.2 Å². The molecule has 96 heavy (non-hydrogen) atoms. The van der Waals surface area contributed by atoms with Crippen molar-refractivity contribution in [3.05, 3.63) is 152 Å². The second kappa shape index (κ2) is 40.5. The summed E-state index contributed by atoms with van der Waals surface area (Å²) in [6.07, 6.45) is 4.33. The summed E-state index contributed by atoms with van der Waals surface area (Å²) in [6.45, 7) is 46.8. The number of rotatable bonds is 19. The number of aryl methyl sites for hydroxylation is 3. The maximum Gasteiger partial charge on any atom is 0.309 e. The van der Waals surface area contributed by atoms with Gasteiger partial charge in [-0.3, -0.25) is 19.2 Å². The minimum Gasteiger partial charge on any atom is -0.460 e. The van der Waals surface area contributed by atoms with E-state index in [0.717, 1.165) is 55.1 Å². The van der Waals surface area contributed by atoms with E-state index < -0.39 is 46.4 Å². The molecule has 0 aromatic heterocycles. The Morgan fingerprint density at radius 1 is 0.417 bits per heavy atom. The quantitative estimate of drug-likeness (QED) is 0.0361. The van der Waals surface area contributed by atoms with Crippen LogP contribution in [0.2, 0.25) is 14.8 Å². The second-order valence-electron chi connectivity index (χ2n) is 31.2. The molecule has 0 heterocycles. The van der Waals surface area contributed by atoms with Gasteiger partial charge in [0.05, 0.1) is 30.3 Å². The molecule has 0 saturated carbocycles. The van der Waals surface area contributed by atoms with Gasteiger partial charge >= 0.3 is 158 Å². The van der Waals surface area contributed by atoms with E-state index >= 15 is 0 Å². The van der Waals surface area contributed by atoms with Crippen molar-refractivity contribution in [1.82, 2.24) is 0 Å². The standard InChI is InChI=1S/C17H25BrO3.C15H21BrO2.C15H21IO2.C15H21O2.C14H19BrO3.3CH3.Sn/c1-6-9-20-14-7-8-15(18)13(11-14)10-12(2)16(19)21-17(3,4)5;2*1-10-6-7-13(16)12(8-10)9-11(2)14(17)18-15(3,4)5;1-11-7-6-8-13(9-11)10-12(2)14(16)17-15(3,4)5;1-9(13(17)18-14(2,3)4)7-10-8-11(16)5-6-12(10)15;;;;/h7-8,11-12H,6,9-10H2,1-5H3;2*6-8,11H,9H2,1-5H3;6-7,9,12H,10H2,1-5H3;5-6,8-9,16H,7H2,1-4H3;3*1H3;. The van der Waals surface area contributed by atoms with Gasteiger partial charge in [0.25, 0.3) is 0 Å². The number of esters is 5. The number of carbonyl (C=O) groups is 5. The van der Waals surface area contributed by atoms with E-state index in [4.69, 9.17) is 28.4 Å². The van der Waals surface area contributed by atoms with Crippen molar-refractivity contribution < 1.29 is 57.5 Å². The SMILES string of the molecule is CC(Cc1cc(O)ccc1Br)C(=O)OC(C)(C)C.CCCOc1ccc(Br)c(CC(C)C(=O)OC(C)(C)C)c1.Cc1cc[c]([Sn]([CH3])([CH3])[CH3])c(CC(C)C(=O)OC(C)(C)C)c1.Cc1ccc(Br)c(CC(C)C(=O)OC(C)(C)C)c1.Cc1ccc(I)c(CC(C)C(=O)OC(C)(C)C)c1. The number of hydrogen-bond donors (Lipinski definition) is 1. The van der Waals surface area contributed by atoms with Crippen molar-refractivity contribution in [2.45, 2.75) is 248 Å². The minimum atomic E-state index is -2.16. The summed E-state index contributed by atoms with van der Waals surface area (Å²) >= 11 is 10.6. The number of phenols is 1. The molecule has 17 heteroatoms. The zero-order valence-electron chi connectivity index (χ0n) is 62.9. The summed E-state index contributed by atoms with van der Waals surface area (Å²) in [7, 11) is 0. The minimum absolute atomic E-state index is 0.0981. The van der Waals surface area contributed by atoms with Crippen LogP contribution in [0.1, 0.15) is 196 Å². The fraction of sp³-hybridized carbons (Fsp3) is 0.557. The van der Waals surface area contributed by atoms with Gasteiger partial charge in [-0.25, -0.2) is 0 Å². The van der Waals surface area contributed by atoms with Gasteiger partial charge in [-0.05, 0) is 222 Å². The third-order valence-electron chi connectivity index (χ3n) is 13.7. The first-order valence-electron chi connectivity index (χ1n) is 33.3. The van der Waals surface area contributed by atoms with Crippen molar-refractivity contribution >= 4 is 122 Å². The van der Waals surface area contributed by atoms with Crippen LogP contribution in [0.3, 0.4) is 0 Å². The summed E-state index contributed by atoms with van der Waals surface area (Å²) in [6, 6.07) is 30.1. The van der Waals surface area contributed by atoms with Crippen LogP contribution in [-0.2, 0) is 79.8 Å². The first-order chi connectivity index (χ1) is 43.7. The number of aromatic hydroxyl groups is 1. The van der Waals surface area contributed by atoms with Crippen LogP contribution in [0.15, 0.2) is 104 Å². The molecule has 0 fully saturated rings. The third-order valence-corrected chi connectivity index (χ3v) is 23.0. The monoisotopic (exact) mass is 1740 g/mol. The molecule has 0 amide bonds. The Labute approximate surface area is 621 Å². The normalized spacial score (nSPS) is 13.3. The molecule has 0 radical (unpaired) electrons. The molecule has 0 aliphatic carbocycles. The van der Waals surface area contributed by atoms with Gasteiger partial charge in [0, 0.05) is 17.0 Å². The van der Waals surface area contributed by atoms with E-state index in [2.05, 4.69) is 148 Å². The second-order valence-corrected chi connectivity index (χ2v) is 49.3. The van der Waals surface area contributed by atoms with Crippen LogP contribution in [-0.4, -0.2) is 87.9 Å². The molecule has 536 valence electrons. The average molecular weight is 1740 g/mol. The topological polar surface area (TPSA) is 161 Å². The van der Waals surface area contributed by atoms with Crippen LogP contribution < -0.4 is 8.32 Å². The molecule has 0 saturated heterocycles. The number of benzene rings is 5. The molecule has 0 spiro atoms. The van der Waals surface area contributed by atoms with Gasteiger partial charge in [-0.1, -0.05) is 118 Å². The van der Waals surface area contributed by atoms with Crippen LogP contribution in [0.4, 0.5) is 0 Å². The molecular formula is C79H116Br3IO12Sn. The van der Waals surface area contributed by atoms with Crippen LogP contribution in [0.5, 0.6) is 11.5 Å². The summed E-state index contributed by atoms with van der Waals surface area (Å²) < 4.78 is 38.3. The average Bonchev–Trinajstić information content (AvgIpc) is 0.828. The number of carbonyl (C=O) groups excluding carboxylic acids is 5. The number of phenolic OH excluding ortho intramolecular Hbond substituents is 1. The van der Waals surface area contributed by atoms with Crippen molar-refractivity contribution in [3.63, 3.8) is 0 Å². The maximum absolute atomic E-state index is 12.2. The molecule has 5 aromatic rings. The Bertz CT molecular complexity index is 3100. The van der Waals surface area contributed by atoms with Gasteiger partial charge in [0.2, 0.25) is 0 Å². The number of halogens is 4. The molecule has 0 aliphatic rings. The van der Waals surface area contributed by atoms with Crippen LogP contribution in [0.25, 0.3) is 0 Å². The molecule has 1 N–H and O–H groups in total. The molecule has 5 aromatic carbocycles. The number of ether oxygens (including phenoxy) is 6. The van der Waals surface area contributed by atoms with Crippen LogP contribution >= 0.6 is 70.4 Å². The third kappa shape index (κ3) is 38.6. The fourth-order valence-electron chi connectivity index (χ4n) is 9.16. The van der Waals surface area contributed by atoms with Gasteiger partial charge in [-0.2, -0.15) is 0 Å². The summed E-state index contributed by atoms with van der Waals surface area (Å²) in [5.41, 5.74) is 7.18. The van der Waals surface area contributed by atoms with E-state index in [-0.39, 0.29) is 65.2 Å². The van der Waals surface area contributed by atoms with Crippen molar-refractivity contribution in [2.24, 2.45) is 29.6 Å². The molecule has 0 aliphatic heterocycles. The van der Waals surface area contributed by atoms with E-state index in [9.17, 15) is 29.1 Å². The first kappa shape index (κ1) is 90.0. The molecule has 12 nitrogen and oxygen atoms in total. The Hall–Kier alpha value is -3.98. The summed E-state index contributed by atoms with van der Waals surface area (Å²) in [5, 5.41) is 9.44. The largest absolute Gasteiger partial charge is 0.460 e. The zero-order valence-corrected chi connectivity index (χ0v) is 72.7. The van der Waals surface area contributed by atoms with Gasteiger partial charge in [0.15, 0.2) is 0 Å². The van der Waals surface area contributed by atoms with Crippen molar-refractivity contribution in [1.29, 1.82) is 0 Å². The van der Waals surface area contributed by atoms with Gasteiger partial charge < -0.3 is 28.8 Å². The zero-order chi connectivity index (χ0) is 74.2. The Kier molecular flexibility index (Phi) is 37.9. The predicted octanol–water partition coefficient (Wildman–Crippen LogP) is 20.9. The fourth-order valence-corrected chi connectivity index (χ4v) is 15.8. The van der Waals surface area contributed by atoms with Gasteiger partial charge in [-0.15, -0.1) is 0 Å². The van der Waals surface area contributed by atoms with E-state index in [1.165, 1.54) is 35.0 Å². The van der Waals surface area contributed by atoms with Crippen molar-refractivity contribution in [2.75, 3.05) is 6.61 Å². The Morgan fingerprint density at radius 3 is 1.05 bits per heavy atom. The summed E-state index contributed by atoms with van der Waals surface area (Å²) in [4.78, 5) is 67.2.